The minimum atomic E-state index is -0.941. The van der Waals surface area contributed by atoms with E-state index in [9.17, 15) is 14.7 Å². The SMILES string of the molecule is Cc1nn2c(ncc3cc(-c4ccccc4)c(-c4ccc([C@]5(N6C(=O)c7ccccc7C6=O)C[C@@](O)(C6CC6)C5)cc4)nc32)c1Cl. The van der Waals surface area contributed by atoms with Crippen molar-refractivity contribution >= 4 is 40.1 Å². The molecule has 46 heavy (non-hydrogen) atoms. The minimum absolute atomic E-state index is 0.205. The molecule has 3 aromatic carbocycles. The zero-order valence-corrected chi connectivity index (χ0v) is 25.7. The maximum atomic E-state index is 13.8. The van der Waals surface area contributed by atoms with Crippen LogP contribution in [0, 0.1) is 12.8 Å². The Morgan fingerprint density at radius 3 is 2.13 bits per heavy atom. The highest BCUT2D eigenvalue weighted by atomic mass is 35.5. The van der Waals surface area contributed by atoms with Gasteiger partial charge < -0.3 is 5.11 Å². The van der Waals surface area contributed by atoms with E-state index in [2.05, 4.69) is 16.1 Å². The number of halogens is 1. The van der Waals surface area contributed by atoms with Crippen LogP contribution < -0.4 is 0 Å². The number of hydrogen-bond donors (Lipinski definition) is 1. The van der Waals surface area contributed by atoms with Gasteiger partial charge in [-0.25, -0.2) is 9.97 Å². The predicted molar refractivity (Wildman–Crippen MR) is 174 cm³/mol. The largest absolute Gasteiger partial charge is 0.389 e. The lowest BCUT2D eigenvalue weighted by Gasteiger charge is -2.57. The van der Waals surface area contributed by atoms with E-state index in [4.69, 9.17) is 16.6 Å². The molecule has 0 radical (unpaired) electrons. The quantitative estimate of drug-likeness (QED) is 0.207. The maximum absolute atomic E-state index is 13.8. The minimum Gasteiger partial charge on any atom is -0.389 e. The third kappa shape index (κ3) is 3.80. The van der Waals surface area contributed by atoms with E-state index in [0.717, 1.165) is 46.2 Å². The van der Waals surface area contributed by atoms with Crippen LogP contribution >= 0.6 is 11.6 Å². The Hall–Kier alpha value is -4.92. The fourth-order valence-electron chi connectivity index (χ4n) is 7.61. The Kier molecular flexibility index (Phi) is 5.68. The molecule has 226 valence electrons. The number of aromatic nitrogens is 4. The number of benzene rings is 3. The molecule has 3 aliphatic rings. The zero-order chi connectivity index (χ0) is 31.4. The van der Waals surface area contributed by atoms with Gasteiger partial charge in [0.25, 0.3) is 11.8 Å². The summed E-state index contributed by atoms with van der Waals surface area (Å²) in [7, 11) is 0. The second kappa shape index (κ2) is 9.55. The molecule has 9 rings (SSSR count). The van der Waals surface area contributed by atoms with Gasteiger partial charge in [-0.1, -0.05) is 78.3 Å². The number of carbonyl (C=O) groups is 2. The molecule has 0 atom stereocenters. The molecule has 0 spiro atoms. The molecular weight excluding hydrogens is 598 g/mol. The fraction of sp³-hybridized carbons (Fsp3) is 0.216. The molecule has 0 saturated heterocycles. The topological polar surface area (TPSA) is 101 Å². The van der Waals surface area contributed by atoms with Crippen LogP contribution in [0.15, 0.2) is 91.1 Å². The van der Waals surface area contributed by atoms with Crippen molar-refractivity contribution in [3.63, 3.8) is 0 Å². The molecular formula is C37H28ClN5O3. The Labute approximate surface area is 269 Å². The Morgan fingerprint density at radius 2 is 1.48 bits per heavy atom. The van der Waals surface area contributed by atoms with E-state index in [0.29, 0.717) is 46.0 Å². The van der Waals surface area contributed by atoms with Gasteiger partial charge in [0.2, 0.25) is 0 Å². The lowest BCUT2D eigenvalue weighted by atomic mass is 9.58. The monoisotopic (exact) mass is 625 g/mol. The average Bonchev–Trinajstić information content (AvgIpc) is 3.85. The second-order valence-corrected chi connectivity index (χ2v) is 13.3. The summed E-state index contributed by atoms with van der Waals surface area (Å²) in [6.45, 7) is 1.84. The van der Waals surface area contributed by atoms with Gasteiger partial charge in [-0.05, 0) is 55.0 Å². The van der Waals surface area contributed by atoms with Crippen molar-refractivity contribution in [1.82, 2.24) is 24.5 Å². The second-order valence-electron chi connectivity index (χ2n) is 12.9. The number of aliphatic hydroxyl groups is 1. The number of carbonyl (C=O) groups excluding carboxylic acids is 2. The first kappa shape index (κ1) is 27.4. The molecule has 2 fully saturated rings. The van der Waals surface area contributed by atoms with Gasteiger partial charge in [0, 0.05) is 35.6 Å². The predicted octanol–water partition coefficient (Wildman–Crippen LogP) is 7.00. The normalized spacial score (nSPS) is 22.5. The molecule has 1 N–H and O–H groups in total. The first-order chi connectivity index (χ1) is 22.3. The highest BCUT2D eigenvalue weighted by Crippen LogP contribution is 2.61. The van der Waals surface area contributed by atoms with E-state index in [-0.39, 0.29) is 17.7 Å². The lowest BCUT2D eigenvalue weighted by Crippen LogP contribution is -2.65. The van der Waals surface area contributed by atoms with Gasteiger partial charge in [0.1, 0.15) is 5.02 Å². The van der Waals surface area contributed by atoms with Gasteiger partial charge in [-0.2, -0.15) is 9.61 Å². The molecule has 3 aromatic heterocycles. The van der Waals surface area contributed by atoms with Crippen molar-refractivity contribution in [2.45, 2.75) is 43.7 Å². The van der Waals surface area contributed by atoms with Gasteiger partial charge in [0.15, 0.2) is 11.3 Å². The summed E-state index contributed by atoms with van der Waals surface area (Å²) >= 11 is 6.51. The number of nitrogens with zero attached hydrogens (tertiary/aromatic N) is 5. The van der Waals surface area contributed by atoms with Crippen molar-refractivity contribution in [2.75, 3.05) is 0 Å². The fourth-order valence-corrected chi connectivity index (χ4v) is 7.77. The van der Waals surface area contributed by atoms with Crippen molar-refractivity contribution in [1.29, 1.82) is 0 Å². The van der Waals surface area contributed by atoms with Crippen molar-refractivity contribution in [2.24, 2.45) is 5.92 Å². The number of hydrogen-bond acceptors (Lipinski definition) is 6. The van der Waals surface area contributed by atoms with Gasteiger partial charge in [-0.15, -0.1) is 0 Å². The number of fused-ring (bicyclic) bond motifs is 4. The molecule has 9 heteroatoms. The van der Waals surface area contributed by atoms with Crippen LogP contribution in [0.1, 0.15) is 57.7 Å². The highest BCUT2D eigenvalue weighted by Gasteiger charge is 2.66. The molecule has 2 amide bonds. The van der Waals surface area contributed by atoms with Crippen LogP contribution in [0.3, 0.4) is 0 Å². The molecule has 2 saturated carbocycles. The van der Waals surface area contributed by atoms with E-state index >= 15 is 0 Å². The molecule has 0 bridgehead atoms. The number of pyridine rings is 1. The highest BCUT2D eigenvalue weighted by molar-refractivity contribution is 6.34. The molecule has 8 nitrogen and oxygen atoms in total. The maximum Gasteiger partial charge on any atom is 0.262 e. The van der Waals surface area contributed by atoms with Crippen LogP contribution in [-0.4, -0.2) is 47.0 Å². The standard InChI is InChI=1S/C37H28ClN5O3/c1-21-30(38)33-39-18-24-17-29(22-7-3-2-4-8-22)31(40-32(24)43(33)41-21)23-11-13-25(14-12-23)36(19-37(46,20-36)26-15-16-26)42-34(44)27-9-5-6-10-28(27)35(42)45/h2-14,17-18,26,46H,15-16,19-20H2,1H3/t36-,37-. The first-order valence-corrected chi connectivity index (χ1v) is 15.9. The summed E-state index contributed by atoms with van der Waals surface area (Å²) in [5, 5.41) is 17.5. The Balaban J connectivity index is 1.19. The summed E-state index contributed by atoms with van der Waals surface area (Å²) in [5.74, 6) is -0.414. The van der Waals surface area contributed by atoms with E-state index in [1.807, 2.05) is 61.5 Å². The smallest absolute Gasteiger partial charge is 0.262 e. The summed E-state index contributed by atoms with van der Waals surface area (Å²) in [6.07, 6.45) is 4.35. The molecule has 6 aromatic rings. The number of amides is 2. The van der Waals surface area contributed by atoms with E-state index in [1.54, 1.807) is 35.0 Å². The molecule has 1 aliphatic heterocycles. The Morgan fingerprint density at radius 1 is 0.826 bits per heavy atom. The van der Waals surface area contributed by atoms with Crippen LogP contribution in [0.4, 0.5) is 0 Å². The number of aryl methyl sites for hydroxylation is 1. The molecule has 4 heterocycles. The van der Waals surface area contributed by atoms with Crippen LogP contribution in [0.5, 0.6) is 0 Å². The summed E-state index contributed by atoms with van der Waals surface area (Å²) in [4.78, 5) is 38.6. The van der Waals surface area contributed by atoms with Crippen LogP contribution in [-0.2, 0) is 5.54 Å². The van der Waals surface area contributed by atoms with Crippen LogP contribution in [0.2, 0.25) is 5.02 Å². The number of imide groups is 1. The Bertz CT molecular complexity index is 2220. The first-order valence-electron chi connectivity index (χ1n) is 15.5. The third-order valence-electron chi connectivity index (χ3n) is 10.1. The van der Waals surface area contributed by atoms with Crippen molar-refractivity contribution < 1.29 is 14.7 Å². The molecule has 2 aliphatic carbocycles. The van der Waals surface area contributed by atoms with Crippen molar-refractivity contribution in [3.8, 4) is 22.4 Å². The summed E-state index contributed by atoms with van der Waals surface area (Å²) in [5.41, 5.74) is 5.20. The third-order valence-corrected chi connectivity index (χ3v) is 10.5. The van der Waals surface area contributed by atoms with Crippen LogP contribution in [0.25, 0.3) is 39.1 Å². The van der Waals surface area contributed by atoms with E-state index < -0.39 is 11.1 Å². The van der Waals surface area contributed by atoms with Gasteiger partial charge in [0.05, 0.1) is 33.7 Å². The summed E-state index contributed by atoms with van der Waals surface area (Å²) in [6, 6.07) is 27.0. The average molecular weight is 626 g/mol. The molecule has 0 unspecified atom stereocenters. The van der Waals surface area contributed by atoms with Gasteiger partial charge >= 0.3 is 0 Å². The van der Waals surface area contributed by atoms with E-state index in [1.165, 1.54) is 4.90 Å². The summed E-state index contributed by atoms with van der Waals surface area (Å²) < 4.78 is 1.68. The zero-order valence-electron chi connectivity index (χ0n) is 24.9. The van der Waals surface area contributed by atoms with Crippen molar-refractivity contribution in [3.05, 3.63) is 119 Å². The number of rotatable bonds is 5. The van der Waals surface area contributed by atoms with Gasteiger partial charge in [-0.3, -0.25) is 14.5 Å². The lowest BCUT2D eigenvalue weighted by molar-refractivity contribution is -0.143.